The van der Waals surface area contributed by atoms with Crippen molar-refractivity contribution in [1.29, 1.82) is 0 Å². The Balaban J connectivity index is 2.92. The molecule has 0 radical (unpaired) electrons. The number of pyridine rings is 1. The highest BCUT2D eigenvalue weighted by molar-refractivity contribution is 7.71. The fourth-order valence-electron chi connectivity index (χ4n) is 0.827. The van der Waals surface area contributed by atoms with Crippen LogP contribution in [0.3, 0.4) is 0 Å². The molecule has 2 aromatic heterocycles. The fraction of sp³-hybridized carbons (Fsp3) is 0. The number of fused-ring (bicyclic) bond motifs is 1. The maximum atomic E-state index is 5.61. The van der Waals surface area contributed by atoms with Crippen molar-refractivity contribution >= 4 is 34.9 Å². The van der Waals surface area contributed by atoms with Crippen molar-refractivity contribution in [3.63, 3.8) is 0 Å². The average molecular weight is 187 g/mol. The maximum Gasteiger partial charge on any atom is 0.266 e. The molecule has 0 spiro atoms. The van der Waals surface area contributed by atoms with Gasteiger partial charge in [0.2, 0.25) is 0 Å². The Hall–Kier alpha value is -0.870. The van der Waals surface area contributed by atoms with Gasteiger partial charge in [-0.05, 0) is 12.2 Å². The van der Waals surface area contributed by atoms with Crippen LogP contribution in [0.25, 0.3) is 11.1 Å². The van der Waals surface area contributed by atoms with Crippen molar-refractivity contribution in [2.75, 3.05) is 0 Å². The molecule has 0 aliphatic rings. The number of rotatable bonds is 0. The number of H-pyrrole nitrogens is 1. The average Bonchev–Trinajstić information content (AvgIpc) is 2.27. The minimum Gasteiger partial charge on any atom is -0.429 e. The largest absolute Gasteiger partial charge is 0.429 e. The maximum absolute atomic E-state index is 5.61. The predicted molar refractivity (Wildman–Crippen MR) is 44.2 cm³/mol. The van der Waals surface area contributed by atoms with Crippen LogP contribution in [0.1, 0.15) is 0 Å². The van der Waals surface area contributed by atoms with Gasteiger partial charge in [0.25, 0.3) is 4.84 Å². The van der Waals surface area contributed by atoms with E-state index in [1.54, 1.807) is 12.3 Å². The summed E-state index contributed by atoms with van der Waals surface area (Å²) < 4.78 is 5.08. The Morgan fingerprint density at radius 2 is 2.45 bits per heavy atom. The number of nitrogens with zero attached hydrogens (tertiary/aromatic N) is 1. The molecule has 0 aliphatic heterocycles. The van der Waals surface area contributed by atoms with Crippen molar-refractivity contribution in [2.45, 2.75) is 0 Å². The summed E-state index contributed by atoms with van der Waals surface area (Å²) in [5, 5.41) is 0.398. The number of aromatic amines is 1. The highest BCUT2D eigenvalue weighted by Crippen LogP contribution is 2.15. The third kappa shape index (κ3) is 1.15. The number of oxazole rings is 1. The van der Waals surface area contributed by atoms with E-state index in [9.17, 15) is 0 Å². The zero-order chi connectivity index (χ0) is 7.84. The molecule has 0 saturated heterocycles. The summed E-state index contributed by atoms with van der Waals surface area (Å²) in [5.41, 5.74) is 1.40. The van der Waals surface area contributed by atoms with Gasteiger partial charge in [0.15, 0.2) is 5.58 Å². The van der Waals surface area contributed by atoms with Crippen LogP contribution in [0.2, 0.25) is 5.15 Å². The van der Waals surface area contributed by atoms with Gasteiger partial charge in [0.1, 0.15) is 10.7 Å². The Kier molecular flexibility index (Phi) is 1.44. The lowest BCUT2D eigenvalue weighted by Gasteiger charge is -1.85. The molecule has 0 atom stereocenters. The number of halogens is 1. The van der Waals surface area contributed by atoms with E-state index in [1.165, 1.54) is 0 Å². The lowest BCUT2D eigenvalue weighted by Crippen LogP contribution is -1.72. The van der Waals surface area contributed by atoms with Crippen LogP contribution in [-0.2, 0) is 0 Å². The molecule has 0 amide bonds. The van der Waals surface area contributed by atoms with Crippen LogP contribution in [0.15, 0.2) is 16.7 Å². The second-order valence-electron chi connectivity index (χ2n) is 2.02. The lowest BCUT2D eigenvalue weighted by atomic mass is 10.4. The van der Waals surface area contributed by atoms with Gasteiger partial charge in [0.05, 0.1) is 6.20 Å². The van der Waals surface area contributed by atoms with Gasteiger partial charge in [-0.2, -0.15) is 0 Å². The molecule has 2 heterocycles. The molecule has 1 N–H and O–H groups in total. The van der Waals surface area contributed by atoms with Gasteiger partial charge in [-0.1, -0.05) is 11.6 Å². The number of aromatic nitrogens is 2. The topological polar surface area (TPSA) is 41.8 Å². The Morgan fingerprint density at radius 3 is 3.27 bits per heavy atom. The zero-order valence-electron chi connectivity index (χ0n) is 5.30. The van der Waals surface area contributed by atoms with Crippen molar-refractivity contribution in [2.24, 2.45) is 0 Å². The van der Waals surface area contributed by atoms with E-state index in [-0.39, 0.29) is 0 Å². The van der Waals surface area contributed by atoms with Gasteiger partial charge in [-0.3, -0.25) is 0 Å². The van der Waals surface area contributed by atoms with E-state index >= 15 is 0 Å². The van der Waals surface area contributed by atoms with Crippen LogP contribution in [-0.4, -0.2) is 9.97 Å². The molecule has 0 bridgehead atoms. The molecular formula is C6H3ClN2OS. The normalized spacial score (nSPS) is 10.6. The second-order valence-corrected chi connectivity index (χ2v) is 2.78. The Morgan fingerprint density at radius 1 is 1.64 bits per heavy atom. The van der Waals surface area contributed by atoms with E-state index in [0.29, 0.717) is 15.6 Å². The van der Waals surface area contributed by atoms with E-state index < -0.39 is 0 Å². The van der Waals surface area contributed by atoms with Gasteiger partial charge >= 0.3 is 0 Å². The smallest absolute Gasteiger partial charge is 0.266 e. The molecule has 5 heteroatoms. The number of hydrogen-bond donors (Lipinski definition) is 1. The molecule has 2 rings (SSSR count). The first-order valence-corrected chi connectivity index (χ1v) is 3.69. The molecule has 0 aliphatic carbocycles. The standard InChI is InChI=1S/C6H3ClN2OS/c7-5-1-4-3(2-8-5)9-6(11)10-4/h1-2H,(H,9,11). The van der Waals surface area contributed by atoms with Crippen LogP contribution >= 0.6 is 23.8 Å². The summed E-state index contributed by atoms with van der Waals surface area (Å²) >= 11 is 10.4. The van der Waals surface area contributed by atoms with E-state index in [4.69, 9.17) is 28.2 Å². The molecule has 0 aromatic carbocycles. The first-order chi connectivity index (χ1) is 5.25. The molecule has 2 aromatic rings. The molecule has 56 valence electrons. The molecule has 0 unspecified atom stereocenters. The molecule has 3 nitrogen and oxygen atoms in total. The third-order valence-electron chi connectivity index (χ3n) is 1.27. The number of hydrogen-bond acceptors (Lipinski definition) is 3. The second kappa shape index (κ2) is 2.32. The highest BCUT2D eigenvalue weighted by atomic mass is 35.5. The summed E-state index contributed by atoms with van der Waals surface area (Å²) in [6.45, 7) is 0. The minimum absolute atomic E-state index is 0.337. The van der Waals surface area contributed by atoms with Crippen molar-refractivity contribution in [1.82, 2.24) is 9.97 Å². The lowest BCUT2D eigenvalue weighted by molar-refractivity contribution is 0.583. The summed E-state index contributed by atoms with van der Waals surface area (Å²) in [7, 11) is 0. The van der Waals surface area contributed by atoms with Crippen LogP contribution in [0.4, 0.5) is 0 Å². The van der Waals surface area contributed by atoms with Gasteiger partial charge in [0, 0.05) is 6.07 Å². The van der Waals surface area contributed by atoms with E-state index in [1.807, 2.05) is 0 Å². The summed E-state index contributed by atoms with van der Waals surface area (Å²) in [5.74, 6) is 0. The predicted octanol–water partition coefficient (Wildman–Crippen LogP) is 2.54. The quantitative estimate of drug-likeness (QED) is 0.508. The Bertz CT molecular complexity index is 447. The zero-order valence-corrected chi connectivity index (χ0v) is 6.87. The van der Waals surface area contributed by atoms with E-state index in [2.05, 4.69) is 9.97 Å². The molecule has 11 heavy (non-hydrogen) atoms. The van der Waals surface area contributed by atoms with Crippen molar-refractivity contribution < 1.29 is 4.42 Å². The molecular weight excluding hydrogens is 184 g/mol. The first-order valence-electron chi connectivity index (χ1n) is 2.90. The minimum atomic E-state index is 0.337. The Labute approximate surface area is 72.0 Å². The first kappa shape index (κ1) is 6.82. The fourth-order valence-corrected chi connectivity index (χ4v) is 1.17. The monoisotopic (exact) mass is 186 g/mol. The van der Waals surface area contributed by atoms with Gasteiger partial charge in [-0.15, -0.1) is 0 Å². The van der Waals surface area contributed by atoms with Crippen LogP contribution in [0.5, 0.6) is 0 Å². The van der Waals surface area contributed by atoms with Crippen molar-refractivity contribution in [3.05, 3.63) is 22.3 Å². The molecule has 0 saturated carbocycles. The van der Waals surface area contributed by atoms with Crippen LogP contribution in [0, 0.1) is 4.84 Å². The summed E-state index contributed by atoms with van der Waals surface area (Å²) in [4.78, 5) is 7.00. The highest BCUT2D eigenvalue weighted by Gasteiger charge is 1.98. The van der Waals surface area contributed by atoms with Gasteiger partial charge < -0.3 is 9.40 Å². The molecule has 0 fully saturated rings. The number of nitrogens with one attached hydrogen (secondary N) is 1. The van der Waals surface area contributed by atoms with Crippen molar-refractivity contribution in [3.8, 4) is 0 Å². The summed E-state index contributed by atoms with van der Waals surface area (Å²) in [6.07, 6.45) is 1.58. The summed E-state index contributed by atoms with van der Waals surface area (Å²) in [6, 6.07) is 1.61. The van der Waals surface area contributed by atoms with E-state index in [0.717, 1.165) is 5.52 Å². The third-order valence-corrected chi connectivity index (χ3v) is 1.66. The van der Waals surface area contributed by atoms with Crippen LogP contribution < -0.4 is 0 Å². The SMILES string of the molecule is S=c1[nH]c2cnc(Cl)cc2o1. The van der Waals surface area contributed by atoms with Gasteiger partial charge in [-0.25, -0.2) is 4.98 Å².